The molecule has 0 bridgehead atoms. The first-order valence-electron chi connectivity index (χ1n) is 5.64. The number of amides is 1. The first-order valence-corrected chi connectivity index (χ1v) is 5.64. The van der Waals surface area contributed by atoms with E-state index in [-0.39, 0.29) is 22.7 Å². The first-order chi connectivity index (χ1) is 9.13. The molecule has 0 fully saturated rings. The summed E-state index contributed by atoms with van der Waals surface area (Å²) in [7, 11) is 0. The Morgan fingerprint density at radius 1 is 1.00 bits per heavy atom. The third-order valence-corrected chi connectivity index (χ3v) is 2.14. The summed E-state index contributed by atoms with van der Waals surface area (Å²) in [5, 5.41) is 2.52. The van der Waals surface area contributed by atoms with Crippen molar-refractivity contribution in [3.63, 3.8) is 0 Å². The molecule has 3 N–H and O–H groups in total. The molecule has 0 heterocycles. The molecule has 0 unspecified atom stereocenters. The van der Waals surface area contributed by atoms with Crippen LogP contribution in [0.4, 0.5) is 17.1 Å². The minimum atomic E-state index is -0.297. The Kier molecular flexibility index (Phi) is 8.57. The van der Waals surface area contributed by atoms with Crippen molar-refractivity contribution >= 4 is 23.0 Å². The number of para-hydroxylation sites is 1. The topological polar surface area (TPSA) is 76.7 Å². The maximum Gasteiger partial charge on any atom is 2.00 e. The van der Waals surface area contributed by atoms with Gasteiger partial charge in [-0.25, -0.2) is 0 Å². The molecule has 0 aromatic heterocycles. The number of benzene rings is 2. The number of nitrogens with one attached hydrogen (secondary N) is 3. The van der Waals surface area contributed by atoms with Crippen LogP contribution in [0.15, 0.2) is 67.3 Å². The molecule has 0 spiro atoms. The Bertz CT molecular complexity index is 544. The molecule has 2 rings (SSSR count). The molecule has 2 aromatic rings. The smallest absolute Gasteiger partial charge is 0.699 e. The number of hydrogen-bond acceptors (Lipinski definition) is 1. The Morgan fingerprint density at radius 2 is 1.55 bits per heavy atom. The van der Waals surface area contributed by atoms with Crippen LogP contribution in [-0.4, -0.2) is 5.91 Å². The maximum absolute atomic E-state index is 10.8. The second-order valence-corrected chi connectivity index (χ2v) is 3.60. The van der Waals surface area contributed by atoms with E-state index >= 15 is 0 Å². The van der Waals surface area contributed by atoms with Gasteiger partial charge in [0.2, 0.25) is 5.91 Å². The molecule has 0 aliphatic heterocycles. The van der Waals surface area contributed by atoms with E-state index in [1.165, 1.54) is 6.08 Å². The fourth-order valence-electron chi connectivity index (χ4n) is 1.21. The molecule has 105 valence electrons. The van der Waals surface area contributed by atoms with E-state index in [0.717, 1.165) is 0 Å². The average Bonchev–Trinajstić information content (AvgIpc) is 2.43. The van der Waals surface area contributed by atoms with E-state index in [1.54, 1.807) is 36.4 Å². The van der Waals surface area contributed by atoms with Gasteiger partial charge in [0.15, 0.2) is 0 Å². The fourth-order valence-corrected chi connectivity index (χ4v) is 1.21. The van der Waals surface area contributed by atoms with Crippen molar-refractivity contribution in [1.29, 1.82) is 0 Å². The fraction of sp³-hybridized carbons (Fsp3) is 0. The van der Waals surface area contributed by atoms with Crippen molar-refractivity contribution in [1.82, 2.24) is 0 Å². The van der Waals surface area contributed by atoms with Crippen LogP contribution in [0.1, 0.15) is 0 Å². The van der Waals surface area contributed by atoms with Crippen LogP contribution in [-0.2, 0) is 21.6 Å². The second-order valence-electron chi connectivity index (χ2n) is 3.60. The molecule has 1 radical (unpaired) electrons. The van der Waals surface area contributed by atoms with Crippen LogP contribution in [0.25, 0.3) is 11.5 Å². The van der Waals surface area contributed by atoms with Gasteiger partial charge in [-0.05, 0) is 12.1 Å². The summed E-state index contributed by atoms with van der Waals surface area (Å²) in [4.78, 5) is 10.8. The van der Waals surface area contributed by atoms with Gasteiger partial charge < -0.3 is 16.8 Å². The molecule has 0 aliphatic rings. The number of hydrogen-bond donors (Lipinski definition) is 1. The molecular weight excluding hydrogens is 297 g/mol. The van der Waals surface area contributed by atoms with Crippen molar-refractivity contribution in [2.45, 2.75) is 0 Å². The van der Waals surface area contributed by atoms with Gasteiger partial charge in [-0.2, -0.15) is 0 Å². The van der Waals surface area contributed by atoms with Gasteiger partial charge in [-0.15, -0.1) is 11.4 Å². The average molecular weight is 312 g/mol. The second kappa shape index (κ2) is 9.66. The van der Waals surface area contributed by atoms with Crippen molar-refractivity contribution < 1.29 is 21.6 Å². The van der Waals surface area contributed by atoms with Gasteiger partial charge in [0.1, 0.15) is 0 Å². The predicted molar refractivity (Wildman–Crippen MR) is 79.7 cm³/mol. The normalized spacial score (nSPS) is 8.40. The molecule has 1 amide bonds. The standard InChI is InChI=1S/C9H9N2O.C6H6N.Co/c1-2-9(12)11-8-6-4-3-5-7(8)10;7-6-4-2-1-3-5-6;/h2-6,10H,1H2,(H,11,12);1-5,7H;/q2*-1;+2. The number of carbonyl (C=O) groups excluding carboxylic acids is 1. The Hall–Kier alpha value is -2.24. The van der Waals surface area contributed by atoms with Gasteiger partial charge in [0.25, 0.3) is 0 Å². The molecular formula is C15H15CoN3O. The van der Waals surface area contributed by atoms with Crippen molar-refractivity contribution in [3.8, 4) is 0 Å². The van der Waals surface area contributed by atoms with Gasteiger partial charge in [0.05, 0.1) is 0 Å². The van der Waals surface area contributed by atoms with Crippen molar-refractivity contribution in [2.24, 2.45) is 0 Å². The summed E-state index contributed by atoms with van der Waals surface area (Å²) in [6, 6.07) is 15.9. The van der Waals surface area contributed by atoms with Crippen molar-refractivity contribution in [2.75, 3.05) is 5.32 Å². The molecule has 5 heteroatoms. The van der Waals surface area contributed by atoms with E-state index in [1.807, 2.05) is 18.2 Å². The molecule has 20 heavy (non-hydrogen) atoms. The summed E-state index contributed by atoms with van der Waals surface area (Å²) in [6.07, 6.45) is 1.17. The number of carbonyl (C=O) groups is 1. The summed E-state index contributed by atoms with van der Waals surface area (Å²) in [6.45, 7) is 3.31. The number of rotatable bonds is 2. The third-order valence-electron chi connectivity index (χ3n) is 2.14. The molecule has 2 aromatic carbocycles. The van der Waals surface area contributed by atoms with E-state index in [4.69, 9.17) is 11.5 Å². The van der Waals surface area contributed by atoms with Crippen LogP contribution in [0.2, 0.25) is 0 Å². The van der Waals surface area contributed by atoms with E-state index in [9.17, 15) is 4.79 Å². The van der Waals surface area contributed by atoms with Gasteiger partial charge >= 0.3 is 16.8 Å². The number of anilines is 1. The van der Waals surface area contributed by atoms with Gasteiger partial charge in [-0.1, -0.05) is 55.1 Å². The SMILES string of the molecule is C=CC(=O)Nc1ccccc1[NH-].[Co+2].[NH-]c1ccccc1. The zero-order chi connectivity index (χ0) is 14.1. The quantitative estimate of drug-likeness (QED) is 0.790. The van der Waals surface area contributed by atoms with Crippen LogP contribution in [0, 0.1) is 0 Å². The van der Waals surface area contributed by atoms with Crippen LogP contribution >= 0.6 is 0 Å². The Balaban J connectivity index is 0.000000387. The Morgan fingerprint density at radius 3 is 2.00 bits per heavy atom. The first kappa shape index (κ1) is 17.8. The van der Waals surface area contributed by atoms with Crippen LogP contribution < -0.4 is 5.32 Å². The Labute approximate surface area is 129 Å². The van der Waals surface area contributed by atoms with Crippen molar-refractivity contribution in [3.05, 3.63) is 78.7 Å². The predicted octanol–water partition coefficient (Wildman–Crippen LogP) is 4.86. The van der Waals surface area contributed by atoms with Gasteiger partial charge in [-0.3, -0.25) is 4.79 Å². The minimum absolute atomic E-state index is 0. The minimum Gasteiger partial charge on any atom is -0.699 e. The molecule has 0 aliphatic carbocycles. The van der Waals surface area contributed by atoms with E-state index < -0.39 is 0 Å². The monoisotopic (exact) mass is 312 g/mol. The summed E-state index contributed by atoms with van der Waals surface area (Å²) in [5.74, 6) is -0.297. The third kappa shape index (κ3) is 6.63. The summed E-state index contributed by atoms with van der Waals surface area (Å²) >= 11 is 0. The molecule has 0 atom stereocenters. The maximum atomic E-state index is 10.8. The van der Waals surface area contributed by atoms with Crippen LogP contribution in [0.5, 0.6) is 0 Å². The van der Waals surface area contributed by atoms with E-state index in [0.29, 0.717) is 17.1 Å². The van der Waals surface area contributed by atoms with Gasteiger partial charge in [0, 0.05) is 5.69 Å². The zero-order valence-electron chi connectivity index (χ0n) is 10.7. The zero-order valence-corrected chi connectivity index (χ0v) is 11.8. The molecule has 0 saturated heterocycles. The molecule has 0 saturated carbocycles. The van der Waals surface area contributed by atoms with E-state index in [2.05, 4.69) is 11.9 Å². The summed E-state index contributed by atoms with van der Waals surface area (Å²) in [5.41, 5.74) is 15.8. The van der Waals surface area contributed by atoms with Crippen LogP contribution in [0.3, 0.4) is 0 Å². The largest absolute Gasteiger partial charge is 2.00 e. The summed E-state index contributed by atoms with van der Waals surface area (Å²) < 4.78 is 0. The molecule has 4 nitrogen and oxygen atoms in total.